The van der Waals surface area contributed by atoms with Gasteiger partial charge < -0.3 is 5.32 Å². The molecule has 0 bridgehead atoms. The number of benzene rings is 1. The van der Waals surface area contributed by atoms with Gasteiger partial charge in [0.1, 0.15) is 0 Å². The van der Waals surface area contributed by atoms with E-state index in [1.54, 1.807) is 18.3 Å². The standard InChI is InChI=1S/C15H14FN3S/c1-3-17-15-13(16)9(2)18-14(19-15)11-8-20-12-7-5-4-6-10(11)12/h4-8H,3H2,1-2H3,(H,17,18,19). The molecular weight excluding hydrogens is 273 g/mol. The van der Waals surface area contributed by atoms with Crippen molar-refractivity contribution in [1.29, 1.82) is 0 Å². The predicted molar refractivity (Wildman–Crippen MR) is 81.7 cm³/mol. The average Bonchev–Trinajstić information content (AvgIpc) is 2.88. The number of nitrogens with zero attached hydrogens (tertiary/aromatic N) is 2. The van der Waals surface area contributed by atoms with Gasteiger partial charge in [-0.3, -0.25) is 0 Å². The minimum Gasteiger partial charge on any atom is -0.368 e. The normalized spacial score (nSPS) is 10.9. The quantitative estimate of drug-likeness (QED) is 0.783. The van der Waals surface area contributed by atoms with E-state index in [0.29, 0.717) is 18.1 Å². The van der Waals surface area contributed by atoms with Crippen molar-refractivity contribution in [2.24, 2.45) is 0 Å². The molecule has 0 amide bonds. The summed E-state index contributed by atoms with van der Waals surface area (Å²) >= 11 is 1.64. The lowest BCUT2D eigenvalue weighted by molar-refractivity contribution is 0.606. The number of aromatic nitrogens is 2. The summed E-state index contributed by atoms with van der Waals surface area (Å²) in [4.78, 5) is 8.61. The Bertz CT molecular complexity index is 767. The topological polar surface area (TPSA) is 37.8 Å². The van der Waals surface area contributed by atoms with Gasteiger partial charge in [0, 0.05) is 27.6 Å². The Labute approximate surface area is 120 Å². The van der Waals surface area contributed by atoms with Crippen LogP contribution < -0.4 is 5.32 Å². The first-order chi connectivity index (χ1) is 9.70. The van der Waals surface area contributed by atoms with E-state index >= 15 is 0 Å². The molecule has 3 aromatic rings. The molecule has 0 saturated carbocycles. The monoisotopic (exact) mass is 287 g/mol. The van der Waals surface area contributed by atoms with Crippen molar-refractivity contribution in [2.75, 3.05) is 11.9 Å². The first-order valence-corrected chi connectivity index (χ1v) is 7.33. The van der Waals surface area contributed by atoms with Gasteiger partial charge in [0.15, 0.2) is 17.5 Å². The molecule has 3 nitrogen and oxygen atoms in total. The lowest BCUT2D eigenvalue weighted by atomic mass is 10.1. The van der Waals surface area contributed by atoms with Crippen LogP contribution in [-0.2, 0) is 0 Å². The van der Waals surface area contributed by atoms with Crippen molar-refractivity contribution in [3.05, 3.63) is 41.2 Å². The fourth-order valence-electron chi connectivity index (χ4n) is 2.12. The molecular formula is C15H14FN3S. The molecule has 0 saturated heterocycles. The highest BCUT2D eigenvalue weighted by Crippen LogP contribution is 2.33. The van der Waals surface area contributed by atoms with E-state index in [2.05, 4.69) is 21.4 Å². The van der Waals surface area contributed by atoms with Crippen molar-refractivity contribution >= 4 is 27.2 Å². The molecule has 0 unspecified atom stereocenters. The molecule has 0 aliphatic rings. The SMILES string of the molecule is CCNc1nc(-c2csc3ccccc23)nc(C)c1F. The number of thiophene rings is 1. The third-order valence-electron chi connectivity index (χ3n) is 3.08. The van der Waals surface area contributed by atoms with E-state index in [0.717, 1.165) is 10.9 Å². The molecule has 20 heavy (non-hydrogen) atoms. The number of hydrogen-bond acceptors (Lipinski definition) is 4. The lowest BCUT2D eigenvalue weighted by Gasteiger charge is -2.08. The molecule has 0 aliphatic carbocycles. The van der Waals surface area contributed by atoms with Gasteiger partial charge >= 0.3 is 0 Å². The van der Waals surface area contributed by atoms with Gasteiger partial charge in [-0.05, 0) is 19.9 Å². The number of aryl methyl sites for hydroxylation is 1. The van der Waals surface area contributed by atoms with Crippen LogP contribution in [0.2, 0.25) is 0 Å². The Morgan fingerprint density at radius 1 is 1.25 bits per heavy atom. The summed E-state index contributed by atoms with van der Waals surface area (Å²) < 4.78 is 15.1. The van der Waals surface area contributed by atoms with Gasteiger partial charge in [-0.25, -0.2) is 14.4 Å². The van der Waals surface area contributed by atoms with E-state index in [4.69, 9.17) is 0 Å². The molecule has 102 valence electrons. The number of anilines is 1. The summed E-state index contributed by atoms with van der Waals surface area (Å²) in [6, 6.07) is 8.09. The van der Waals surface area contributed by atoms with Crippen molar-refractivity contribution in [2.45, 2.75) is 13.8 Å². The molecule has 0 fully saturated rings. The van der Waals surface area contributed by atoms with Gasteiger partial charge in [0.05, 0.1) is 5.69 Å². The summed E-state index contributed by atoms with van der Waals surface area (Å²) in [6.07, 6.45) is 0. The van der Waals surface area contributed by atoms with Gasteiger partial charge in [-0.15, -0.1) is 11.3 Å². The van der Waals surface area contributed by atoms with Crippen molar-refractivity contribution in [1.82, 2.24) is 9.97 Å². The summed E-state index contributed by atoms with van der Waals surface area (Å²) in [6.45, 7) is 4.20. The van der Waals surface area contributed by atoms with Crippen LogP contribution in [0.25, 0.3) is 21.5 Å². The van der Waals surface area contributed by atoms with Crippen LogP contribution in [0.1, 0.15) is 12.6 Å². The van der Waals surface area contributed by atoms with Crippen molar-refractivity contribution in [3.63, 3.8) is 0 Å². The van der Waals surface area contributed by atoms with Crippen molar-refractivity contribution < 1.29 is 4.39 Å². The Morgan fingerprint density at radius 2 is 2.05 bits per heavy atom. The highest BCUT2D eigenvalue weighted by Gasteiger charge is 2.14. The summed E-state index contributed by atoms with van der Waals surface area (Å²) in [5.41, 5.74) is 1.31. The zero-order chi connectivity index (χ0) is 14.1. The van der Waals surface area contributed by atoms with Gasteiger partial charge in [0.2, 0.25) is 0 Å². The Balaban J connectivity index is 2.19. The second-order valence-corrected chi connectivity index (χ2v) is 5.38. The van der Waals surface area contributed by atoms with E-state index in [1.165, 1.54) is 4.70 Å². The molecule has 1 aromatic carbocycles. The van der Waals surface area contributed by atoms with Crippen LogP contribution in [0.5, 0.6) is 0 Å². The molecule has 0 spiro atoms. The van der Waals surface area contributed by atoms with Crippen LogP contribution >= 0.6 is 11.3 Å². The Kier molecular flexibility index (Phi) is 3.36. The molecule has 1 N–H and O–H groups in total. The Morgan fingerprint density at radius 3 is 2.85 bits per heavy atom. The largest absolute Gasteiger partial charge is 0.368 e. The van der Waals surface area contributed by atoms with Crippen LogP contribution in [0.15, 0.2) is 29.6 Å². The number of nitrogens with one attached hydrogen (secondary N) is 1. The fourth-order valence-corrected chi connectivity index (χ4v) is 3.05. The highest BCUT2D eigenvalue weighted by molar-refractivity contribution is 7.17. The van der Waals surface area contributed by atoms with E-state index in [1.807, 2.05) is 30.5 Å². The number of hydrogen-bond donors (Lipinski definition) is 1. The number of halogens is 1. The molecule has 0 radical (unpaired) electrons. The predicted octanol–water partition coefficient (Wildman–Crippen LogP) is 4.24. The molecule has 0 aliphatic heterocycles. The maximum atomic E-state index is 13.9. The smallest absolute Gasteiger partial charge is 0.186 e. The number of fused-ring (bicyclic) bond motifs is 1. The summed E-state index contributed by atoms with van der Waals surface area (Å²) in [5.74, 6) is 0.456. The molecule has 5 heteroatoms. The van der Waals surface area contributed by atoms with Gasteiger partial charge in [-0.2, -0.15) is 0 Å². The van der Waals surface area contributed by atoms with Crippen molar-refractivity contribution in [3.8, 4) is 11.4 Å². The van der Waals surface area contributed by atoms with E-state index in [-0.39, 0.29) is 11.6 Å². The third-order valence-corrected chi connectivity index (χ3v) is 4.05. The molecule has 3 rings (SSSR count). The zero-order valence-corrected chi connectivity index (χ0v) is 12.1. The second kappa shape index (κ2) is 5.17. The fraction of sp³-hybridized carbons (Fsp3) is 0.200. The maximum Gasteiger partial charge on any atom is 0.186 e. The zero-order valence-electron chi connectivity index (χ0n) is 11.3. The summed E-state index contributed by atoms with van der Waals surface area (Å²) in [5, 5.41) is 6.07. The van der Waals surface area contributed by atoms with E-state index < -0.39 is 0 Å². The minimum absolute atomic E-state index is 0.269. The van der Waals surface area contributed by atoms with Crippen LogP contribution in [0.3, 0.4) is 0 Å². The molecule has 2 heterocycles. The molecule has 0 atom stereocenters. The lowest BCUT2D eigenvalue weighted by Crippen LogP contribution is -2.06. The van der Waals surface area contributed by atoms with Crippen LogP contribution in [-0.4, -0.2) is 16.5 Å². The van der Waals surface area contributed by atoms with Gasteiger partial charge in [0.25, 0.3) is 0 Å². The van der Waals surface area contributed by atoms with Crippen LogP contribution in [0.4, 0.5) is 10.2 Å². The number of rotatable bonds is 3. The summed E-state index contributed by atoms with van der Waals surface area (Å²) in [7, 11) is 0. The average molecular weight is 287 g/mol. The Hall–Kier alpha value is -2.01. The van der Waals surface area contributed by atoms with E-state index in [9.17, 15) is 4.39 Å². The second-order valence-electron chi connectivity index (χ2n) is 4.47. The third kappa shape index (κ3) is 2.14. The van der Waals surface area contributed by atoms with Gasteiger partial charge in [-0.1, -0.05) is 18.2 Å². The van der Waals surface area contributed by atoms with Crippen LogP contribution in [0, 0.1) is 12.7 Å². The first kappa shape index (κ1) is 13.0. The maximum absolute atomic E-state index is 13.9. The molecule has 2 aromatic heterocycles. The first-order valence-electron chi connectivity index (χ1n) is 6.45. The highest BCUT2D eigenvalue weighted by atomic mass is 32.1. The minimum atomic E-state index is -0.380.